The summed E-state index contributed by atoms with van der Waals surface area (Å²) in [5.41, 5.74) is 1.02. The SMILES string of the molecule is O=C(CCN1C(=O)[C@H]2CC=CC[C@@H]2C1=O)NCc1ccccc1. The van der Waals surface area contributed by atoms with Crippen LogP contribution in [0.15, 0.2) is 42.5 Å². The van der Waals surface area contributed by atoms with E-state index >= 15 is 0 Å². The summed E-state index contributed by atoms with van der Waals surface area (Å²) in [4.78, 5) is 37.8. The largest absolute Gasteiger partial charge is 0.352 e. The number of fused-ring (bicyclic) bond motifs is 1. The Balaban J connectivity index is 1.49. The van der Waals surface area contributed by atoms with Gasteiger partial charge in [0.25, 0.3) is 0 Å². The van der Waals surface area contributed by atoms with E-state index in [2.05, 4.69) is 5.32 Å². The molecule has 1 fully saturated rings. The van der Waals surface area contributed by atoms with Gasteiger partial charge in [-0.25, -0.2) is 0 Å². The van der Waals surface area contributed by atoms with E-state index in [1.807, 2.05) is 42.5 Å². The van der Waals surface area contributed by atoms with Gasteiger partial charge in [-0.3, -0.25) is 19.3 Å². The number of hydrogen-bond acceptors (Lipinski definition) is 3. The second kappa shape index (κ2) is 6.77. The summed E-state index contributed by atoms with van der Waals surface area (Å²) in [6, 6.07) is 9.62. The van der Waals surface area contributed by atoms with E-state index in [4.69, 9.17) is 0 Å². The van der Waals surface area contributed by atoms with Crippen molar-refractivity contribution >= 4 is 17.7 Å². The Hall–Kier alpha value is -2.43. The number of nitrogens with zero attached hydrogens (tertiary/aromatic N) is 1. The van der Waals surface area contributed by atoms with Gasteiger partial charge < -0.3 is 5.32 Å². The van der Waals surface area contributed by atoms with Gasteiger partial charge in [0.15, 0.2) is 0 Å². The lowest BCUT2D eigenvalue weighted by atomic mass is 9.85. The number of rotatable bonds is 5. The number of hydrogen-bond donors (Lipinski definition) is 1. The molecule has 1 aromatic carbocycles. The van der Waals surface area contributed by atoms with Crippen molar-refractivity contribution in [1.29, 1.82) is 0 Å². The highest BCUT2D eigenvalue weighted by Gasteiger charge is 2.46. The van der Waals surface area contributed by atoms with Gasteiger partial charge >= 0.3 is 0 Å². The lowest BCUT2D eigenvalue weighted by Crippen LogP contribution is -2.35. The molecule has 2 aliphatic rings. The fourth-order valence-corrected chi connectivity index (χ4v) is 3.19. The average Bonchev–Trinajstić information content (AvgIpc) is 2.83. The topological polar surface area (TPSA) is 66.5 Å². The quantitative estimate of drug-likeness (QED) is 0.664. The molecule has 1 aromatic rings. The minimum Gasteiger partial charge on any atom is -0.352 e. The van der Waals surface area contributed by atoms with Crippen molar-refractivity contribution in [2.45, 2.75) is 25.8 Å². The van der Waals surface area contributed by atoms with Gasteiger partial charge in [-0.1, -0.05) is 42.5 Å². The van der Waals surface area contributed by atoms with Crippen LogP contribution in [-0.2, 0) is 20.9 Å². The zero-order chi connectivity index (χ0) is 16.2. The number of carbonyl (C=O) groups is 3. The molecule has 0 saturated carbocycles. The van der Waals surface area contributed by atoms with Crippen LogP contribution in [0.3, 0.4) is 0 Å². The molecule has 0 spiro atoms. The molecule has 1 aliphatic carbocycles. The molecule has 5 heteroatoms. The Morgan fingerprint density at radius 1 is 1.04 bits per heavy atom. The molecule has 3 rings (SSSR count). The molecule has 3 amide bonds. The van der Waals surface area contributed by atoms with Gasteiger partial charge in [0.1, 0.15) is 0 Å². The third-order valence-corrected chi connectivity index (χ3v) is 4.49. The van der Waals surface area contributed by atoms with Crippen LogP contribution in [0.2, 0.25) is 0 Å². The predicted molar refractivity (Wildman–Crippen MR) is 85.0 cm³/mol. The molecule has 0 aromatic heterocycles. The zero-order valence-electron chi connectivity index (χ0n) is 12.9. The van der Waals surface area contributed by atoms with Crippen molar-refractivity contribution in [3.8, 4) is 0 Å². The number of amides is 3. The minimum atomic E-state index is -0.222. The van der Waals surface area contributed by atoms with E-state index in [-0.39, 0.29) is 42.5 Å². The fourth-order valence-electron chi connectivity index (χ4n) is 3.19. The summed E-state index contributed by atoms with van der Waals surface area (Å²) in [5, 5.41) is 2.81. The van der Waals surface area contributed by atoms with Crippen LogP contribution in [0.4, 0.5) is 0 Å². The minimum absolute atomic E-state index is 0.125. The van der Waals surface area contributed by atoms with Gasteiger partial charge in [-0.05, 0) is 18.4 Å². The standard InChI is InChI=1S/C18H20N2O3/c21-16(19-12-13-6-2-1-3-7-13)10-11-20-17(22)14-8-4-5-9-15(14)18(20)23/h1-7,14-15H,8-12H2,(H,19,21)/t14-,15-/m0/s1. The predicted octanol–water partition coefficient (Wildman–Crippen LogP) is 1.64. The van der Waals surface area contributed by atoms with Gasteiger partial charge in [0.2, 0.25) is 17.7 Å². The third kappa shape index (κ3) is 3.33. The van der Waals surface area contributed by atoms with Crippen LogP contribution in [-0.4, -0.2) is 29.2 Å². The van der Waals surface area contributed by atoms with Gasteiger partial charge in [0.05, 0.1) is 11.8 Å². The molecule has 2 atom stereocenters. The first kappa shape index (κ1) is 15.5. The van der Waals surface area contributed by atoms with Crippen LogP contribution in [0.25, 0.3) is 0 Å². The Morgan fingerprint density at radius 2 is 1.65 bits per heavy atom. The monoisotopic (exact) mass is 312 g/mol. The maximum Gasteiger partial charge on any atom is 0.233 e. The molecular weight excluding hydrogens is 292 g/mol. The highest BCUT2D eigenvalue weighted by Crippen LogP contribution is 2.34. The van der Waals surface area contributed by atoms with Crippen molar-refractivity contribution < 1.29 is 14.4 Å². The van der Waals surface area contributed by atoms with Crippen LogP contribution in [0.1, 0.15) is 24.8 Å². The van der Waals surface area contributed by atoms with E-state index in [1.54, 1.807) is 0 Å². The number of nitrogens with one attached hydrogen (secondary N) is 1. The lowest BCUT2D eigenvalue weighted by molar-refractivity contribution is -0.140. The van der Waals surface area contributed by atoms with Crippen molar-refractivity contribution in [2.75, 3.05) is 6.54 Å². The summed E-state index contributed by atoms with van der Waals surface area (Å²) in [6.45, 7) is 0.627. The average molecular weight is 312 g/mol. The molecule has 5 nitrogen and oxygen atoms in total. The van der Waals surface area contributed by atoms with E-state index in [0.29, 0.717) is 19.4 Å². The number of benzene rings is 1. The highest BCUT2D eigenvalue weighted by atomic mass is 16.2. The lowest BCUT2D eigenvalue weighted by Gasteiger charge is -2.14. The maximum atomic E-state index is 12.3. The third-order valence-electron chi connectivity index (χ3n) is 4.49. The Kier molecular flexibility index (Phi) is 4.55. The zero-order valence-corrected chi connectivity index (χ0v) is 12.9. The summed E-state index contributed by atoms with van der Waals surface area (Å²) < 4.78 is 0. The Bertz CT molecular complexity index is 613. The number of allylic oxidation sites excluding steroid dienone is 2. The molecule has 0 radical (unpaired) electrons. The summed E-state index contributed by atoms with van der Waals surface area (Å²) in [5.74, 6) is -0.845. The van der Waals surface area contributed by atoms with Gasteiger partial charge in [-0.2, -0.15) is 0 Å². The van der Waals surface area contributed by atoms with Crippen molar-refractivity contribution in [3.05, 3.63) is 48.0 Å². The molecule has 1 N–H and O–H groups in total. The van der Waals surface area contributed by atoms with Crippen LogP contribution in [0, 0.1) is 11.8 Å². The summed E-state index contributed by atoms with van der Waals surface area (Å²) >= 11 is 0. The normalized spacial score (nSPS) is 23.0. The Morgan fingerprint density at radius 3 is 2.26 bits per heavy atom. The van der Waals surface area contributed by atoms with E-state index in [0.717, 1.165) is 5.56 Å². The molecule has 1 heterocycles. The van der Waals surface area contributed by atoms with E-state index in [9.17, 15) is 14.4 Å². The molecule has 23 heavy (non-hydrogen) atoms. The van der Waals surface area contributed by atoms with Crippen LogP contribution in [0.5, 0.6) is 0 Å². The molecular formula is C18H20N2O3. The molecule has 1 aliphatic heterocycles. The molecule has 0 unspecified atom stereocenters. The second-order valence-corrected chi connectivity index (χ2v) is 6.00. The summed E-state index contributed by atoms with van der Waals surface area (Å²) in [6.07, 6.45) is 5.33. The van der Waals surface area contributed by atoms with Gasteiger partial charge in [-0.15, -0.1) is 0 Å². The molecule has 1 saturated heterocycles. The van der Waals surface area contributed by atoms with Crippen molar-refractivity contribution in [2.24, 2.45) is 11.8 Å². The van der Waals surface area contributed by atoms with Gasteiger partial charge in [0, 0.05) is 19.5 Å². The molecule has 0 bridgehead atoms. The van der Waals surface area contributed by atoms with E-state index in [1.165, 1.54) is 4.90 Å². The van der Waals surface area contributed by atoms with E-state index < -0.39 is 0 Å². The highest BCUT2D eigenvalue weighted by molar-refractivity contribution is 6.05. The summed E-state index contributed by atoms with van der Waals surface area (Å²) in [7, 11) is 0. The first-order valence-electron chi connectivity index (χ1n) is 7.97. The number of likely N-dealkylation sites (tertiary alicyclic amines) is 1. The maximum absolute atomic E-state index is 12.3. The van der Waals surface area contributed by atoms with Crippen molar-refractivity contribution in [1.82, 2.24) is 10.2 Å². The smallest absolute Gasteiger partial charge is 0.233 e. The first-order valence-corrected chi connectivity index (χ1v) is 7.97. The second-order valence-electron chi connectivity index (χ2n) is 6.00. The van der Waals surface area contributed by atoms with Crippen molar-refractivity contribution in [3.63, 3.8) is 0 Å². The fraction of sp³-hybridized carbons (Fsp3) is 0.389. The number of imide groups is 1. The molecule has 120 valence electrons. The first-order chi connectivity index (χ1) is 11.2. The Labute approximate surface area is 135 Å². The number of carbonyl (C=O) groups excluding carboxylic acids is 3. The van der Waals surface area contributed by atoms with Crippen LogP contribution >= 0.6 is 0 Å². The van der Waals surface area contributed by atoms with Crippen LogP contribution < -0.4 is 5.32 Å².